The van der Waals surface area contributed by atoms with Crippen molar-refractivity contribution in [1.82, 2.24) is 14.8 Å². The van der Waals surface area contributed by atoms with Crippen LogP contribution in [0, 0.1) is 0 Å². The zero-order valence-corrected chi connectivity index (χ0v) is 14.0. The van der Waals surface area contributed by atoms with E-state index in [9.17, 15) is 4.79 Å². The minimum Gasteiger partial charge on any atom is -0.325 e. The number of halogens is 1. The molecular weight excluding hydrogens is 314 g/mol. The molecule has 6 nitrogen and oxygen atoms in total. The first-order valence-electron chi connectivity index (χ1n) is 7.74. The minimum atomic E-state index is -0.521. The van der Waals surface area contributed by atoms with Gasteiger partial charge in [0.25, 0.3) is 0 Å². The molecule has 0 spiro atoms. The van der Waals surface area contributed by atoms with Crippen LogP contribution in [-0.4, -0.2) is 26.7 Å². The van der Waals surface area contributed by atoms with Crippen LogP contribution in [0.1, 0.15) is 32.0 Å². The third-order valence-electron chi connectivity index (χ3n) is 3.93. The number of carbonyl (C=O) groups is 1. The molecule has 1 aliphatic rings. The SMILES string of the molecule is C[C@@H](N)C(=O)Nc1ccc(-c2nnc3n2CCCCC3)cc1.Cl. The number of aryl methyl sites for hydroxylation is 1. The maximum atomic E-state index is 11.6. The van der Waals surface area contributed by atoms with E-state index in [1.807, 2.05) is 24.3 Å². The maximum Gasteiger partial charge on any atom is 0.240 e. The van der Waals surface area contributed by atoms with Crippen molar-refractivity contribution in [2.24, 2.45) is 5.73 Å². The van der Waals surface area contributed by atoms with Crippen LogP contribution >= 0.6 is 12.4 Å². The summed E-state index contributed by atoms with van der Waals surface area (Å²) in [5, 5.41) is 11.4. The van der Waals surface area contributed by atoms with E-state index in [-0.39, 0.29) is 18.3 Å². The Bertz CT molecular complexity index is 666. The number of nitrogens with two attached hydrogens (primary N) is 1. The summed E-state index contributed by atoms with van der Waals surface area (Å²) in [6, 6.07) is 7.13. The minimum absolute atomic E-state index is 0. The Morgan fingerprint density at radius 3 is 2.65 bits per heavy atom. The van der Waals surface area contributed by atoms with E-state index in [1.165, 1.54) is 19.3 Å². The Morgan fingerprint density at radius 2 is 1.96 bits per heavy atom. The molecular formula is C16H22ClN5O. The van der Waals surface area contributed by atoms with Crippen molar-refractivity contribution in [3.05, 3.63) is 30.1 Å². The molecule has 1 aromatic heterocycles. The van der Waals surface area contributed by atoms with Crippen LogP contribution in [0.2, 0.25) is 0 Å². The number of carbonyl (C=O) groups excluding carboxylic acids is 1. The van der Waals surface area contributed by atoms with Gasteiger partial charge in [0, 0.05) is 24.2 Å². The van der Waals surface area contributed by atoms with Gasteiger partial charge in [-0.3, -0.25) is 4.79 Å². The first-order chi connectivity index (χ1) is 10.6. The van der Waals surface area contributed by atoms with E-state index in [4.69, 9.17) is 5.73 Å². The van der Waals surface area contributed by atoms with Gasteiger partial charge in [0.15, 0.2) is 5.82 Å². The molecule has 7 heteroatoms. The molecule has 0 unspecified atom stereocenters. The Hall–Kier alpha value is -1.92. The van der Waals surface area contributed by atoms with Gasteiger partial charge >= 0.3 is 0 Å². The van der Waals surface area contributed by atoms with Gasteiger partial charge in [0.05, 0.1) is 6.04 Å². The van der Waals surface area contributed by atoms with Gasteiger partial charge in [-0.15, -0.1) is 22.6 Å². The number of amides is 1. The molecule has 124 valence electrons. The molecule has 0 fully saturated rings. The molecule has 3 N–H and O–H groups in total. The molecule has 2 aromatic rings. The lowest BCUT2D eigenvalue weighted by Crippen LogP contribution is -2.32. The number of nitrogens with one attached hydrogen (secondary N) is 1. The highest BCUT2D eigenvalue weighted by Crippen LogP contribution is 2.23. The van der Waals surface area contributed by atoms with Crippen molar-refractivity contribution >= 4 is 24.0 Å². The summed E-state index contributed by atoms with van der Waals surface area (Å²) in [6.07, 6.45) is 4.58. The average Bonchev–Trinajstić information content (AvgIpc) is 2.76. The topological polar surface area (TPSA) is 85.8 Å². The predicted octanol–water partition coefficient (Wildman–Crippen LogP) is 2.38. The van der Waals surface area contributed by atoms with Crippen molar-refractivity contribution in [1.29, 1.82) is 0 Å². The third kappa shape index (κ3) is 3.89. The van der Waals surface area contributed by atoms with Crippen molar-refractivity contribution in [3.63, 3.8) is 0 Å². The smallest absolute Gasteiger partial charge is 0.240 e. The van der Waals surface area contributed by atoms with Gasteiger partial charge in [0.2, 0.25) is 5.91 Å². The third-order valence-corrected chi connectivity index (χ3v) is 3.93. The molecule has 23 heavy (non-hydrogen) atoms. The number of anilines is 1. The molecule has 0 aliphatic carbocycles. The first-order valence-corrected chi connectivity index (χ1v) is 7.74. The number of aromatic nitrogens is 3. The molecule has 1 atom stereocenters. The number of fused-ring (bicyclic) bond motifs is 1. The molecule has 3 rings (SSSR count). The lowest BCUT2D eigenvalue weighted by atomic mass is 10.2. The molecule has 0 saturated heterocycles. The van der Waals surface area contributed by atoms with Gasteiger partial charge in [0.1, 0.15) is 5.82 Å². The highest BCUT2D eigenvalue weighted by Gasteiger charge is 2.16. The number of nitrogens with zero attached hydrogens (tertiary/aromatic N) is 3. The fraction of sp³-hybridized carbons (Fsp3) is 0.438. The van der Waals surface area contributed by atoms with Crippen LogP contribution in [0.15, 0.2) is 24.3 Å². The van der Waals surface area contributed by atoms with Crippen LogP contribution in [0.5, 0.6) is 0 Å². The molecule has 2 heterocycles. The summed E-state index contributed by atoms with van der Waals surface area (Å²) in [5.74, 6) is 1.79. The molecule has 1 aromatic carbocycles. The molecule has 1 aliphatic heterocycles. The molecule has 0 bridgehead atoms. The van der Waals surface area contributed by atoms with Crippen molar-refractivity contribution in [2.75, 3.05) is 5.32 Å². The van der Waals surface area contributed by atoms with Crippen LogP contribution in [0.3, 0.4) is 0 Å². The summed E-state index contributed by atoms with van der Waals surface area (Å²) >= 11 is 0. The van der Waals surface area contributed by atoms with E-state index in [1.54, 1.807) is 6.92 Å². The fourth-order valence-corrected chi connectivity index (χ4v) is 2.66. The monoisotopic (exact) mass is 335 g/mol. The largest absolute Gasteiger partial charge is 0.325 e. The van der Waals surface area contributed by atoms with Crippen LogP contribution in [0.4, 0.5) is 5.69 Å². The second-order valence-corrected chi connectivity index (χ2v) is 5.76. The second kappa shape index (κ2) is 7.57. The Morgan fingerprint density at radius 1 is 1.22 bits per heavy atom. The zero-order valence-electron chi connectivity index (χ0n) is 13.2. The summed E-state index contributed by atoms with van der Waals surface area (Å²) in [5.41, 5.74) is 7.30. The summed E-state index contributed by atoms with van der Waals surface area (Å²) in [4.78, 5) is 11.6. The Balaban J connectivity index is 0.00000192. The van der Waals surface area contributed by atoms with E-state index in [0.717, 1.165) is 35.9 Å². The molecule has 1 amide bonds. The van der Waals surface area contributed by atoms with Crippen LogP contribution in [0.25, 0.3) is 11.4 Å². The number of hydrogen-bond donors (Lipinski definition) is 2. The van der Waals surface area contributed by atoms with E-state index >= 15 is 0 Å². The van der Waals surface area contributed by atoms with Gasteiger partial charge in [-0.2, -0.15) is 0 Å². The predicted molar refractivity (Wildman–Crippen MR) is 92.5 cm³/mol. The number of hydrogen-bond acceptors (Lipinski definition) is 4. The Labute approximate surface area is 141 Å². The van der Waals surface area contributed by atoms with Gasteiger partial charge in [-0.1, -0.05) is 6.42 Å². The highest BCUT2D eigenvalue weighted by atomic mass is 35.5. The maximum absolute atomic E-state index is 11.6. The van der Waals surface area contributed by atoms with Crippen molar-refractivity contribution < 1.29 is 4.79 Å². The lowest BCUT2D eigenvalue weighted by molar-refractivity contribution is -0.117. The van der Waals surface area contributed by atoms with Crippen LogP contribution in [-0.2, 0) is 17.8 Å². The summed E-state index contributed by atoms with van der Waals surface area (Å²) < 4.78 is 2.21. The Kier molecular flexibility index (Phi) is 5.74. The highest BCUT2D eigenvalue weighted by molar-refractivity contribution is 5.94. The second-order valence-electron chi connectivity index (χ2n) is 5.76. The normalized spacial score (nSPS) is 15.0. The molecule has 0 saturated carbocycles. The number of benzene rings is 1. The number of rotatable bonds is 3. The van der Waals surface area contributed by atoms with E-state index < -0.39 is 6.04 Å². The van der Waals surface area contributed by atoms with E-state index in [0.29, 0.717) is 0 Å². The fourth-order valence-electron chi connectivity index (χ4n) is 2.66. The molecule has 0 radical (unpaired) electrons. The quantitative estimate of drug-likeness (QED) is 0.901. The standard InChI is InChI=1S/C16H21N5O.ClH/c1-11(17)16(22)18-13-8-6-12(7-9-13)15-20-19-14-5-3-2-4-10-21(14)15;/h6-9,11H,2-5,10,17H2,1H3,(H,18,22);1H/t11-;/m1./s1. The van der Waals surface area contributed by atoms with E-state index in [2.05, 4.69) is 20.1 Å². The van der Waals surface area contributed by atoms with Gasteiger partial charge in [-0.05, 0) is 44.0 Å². The van der Waals surface area contributed by atoms with Crippen LogP contribution < -0.4 is 11.1 Å². The summed E-state index contributed by atoms with van der Waals surface area (Å²) in [7, 11) is 0. The first kappa shape index (κ1) is 17.4. The average molecular weight is 336 g/mol. The van der Waals surface area contributed by atoms with Gasteiger partial charge in [-0.25, -0.2) is 0 Å². The van der Waals surface area contributed by atoms with Crippen molar-refractivity contribution in [3.8, 4) is 11.4 Å². The van der Waals surface area contributed by atoms with Crippen molar-refractivity contribution in [2.45, 2.75) is 45.2 Å². The zero-order chi connectivity index (χ0) is 15.5. The van der Waals surface area contributed by atoms with Gasteiger partial charge < -0.3 is 15.6 Å². The summed E-state index contributed by atoms with van der Waals surface area (Å²) in [6.45, 7) is 2.63. The lowest BCUT2D eigenvalue weighted by Gasteiger charge is -2.09.